The number of pyridine rings is 1. The Morgan fingerprint density at radius 3 is 2.26 bits per heavy atom. The minimum atomic E-state index is -3.13. The van der Waals surface area contributed by atoms with Gasteiger partial charge in [0.25, 0.3) is 5.91 Å². The van der Waals surface area contributed by atoms with Crippen molar-refractivity contribution in [3.8, 4) is 22.4 Å². The van der Waals surface area contributed by atoms with Crippen LogP contribution in [-0.4, -0.2) is 40.6 Å². The molecule has 1 saturated heterocycles. The molecule has 1 aliphatic heterocycles. The van der Waals surface area contributed by atoms with Gasteiger partial charge >= 0.3 is 0 Å². The van der Waals surface area contributed by atoms with Crippen molar-refractivity contribution in [2.24, 2.45) is 0 Å². The first-order valence-electron chi connectivity index (χ1n) is 12.5. The fourth-order valence-electron chi connectivity index (χ4n) is 5.12. The number of sulfone groups is 1. The Morgan fingerprint density at radius 2 is 1.58 bits per heavy atom. The molecule has 0 radical (unpaired) electrons. The zero-order chi connectivity index (χ0) is 26.3. The van der Waals surface area contributed by atoms with Crippen molar-refractivity contribution in [3.63, 3.8) is 0 Å². The van der Waals surface area contributed by atoms with Crippen molar-refractivity contribution >= 4 is 32.5 Å². The van der Waals surface area contributed by atoms with Crippen LogP contribution in [0, 0.1) is 6.92 Å². The Hall–Kier alpha value is -4.30. The molecular weight excluding hydrogens is 496 g/mol. The minimum absolute atomic E-state index is 0.0203. The highest BCUT2D eigenvalue weighted by Crippen LogP contribution is 2.33. The van der Waals surface area contributed by atoms with E-state index in [9.17, 15) is 13.2 Å². The van der Waals surface area contributed by atoms with E-state index < -0.39 is 9.84 Å². The summed E-state index contributed by atoms with van der Waals surface area (Å²) in [4.78, 5) is 18.8. The fraction of sp³-hybridized carbons (Fsp3) is 0.167. The van der Waals surface area contributed by atoms with Gasteiger partial charge in [-0.2, -0.15) is 5.10 Å². The van der Waals surface area contributed by atoms with Crippen LogP contribution in [0.2, 0.25) is 0 Å². The third kappa shape index (κ3) is 4.48. The first-order valence-corrected chi connectivity index (χ1v) is 14.3. The zero-order valence-corrected chi connectivity index (χ0v) is 21.7. The van der Waals surface area contributed by atoms with E-state index in [0.29, 0.717) is 40.1 Å². The quantitative estimate of drug-likeness (QED) is 0.320. The lowest BCUT2D eigenvalue weighted by Crippen LogP contribution is -2.15. The lowest BCUT2D eigenvalue weighted by molar-refractivity contribution is 0.102. The van der Waals surface area contributed by atoms with Crippen LogP contribution in [0.3, 0.4) is 0 Å². The van der Waals surface area contributed by atoms with E-state index in [1.807, 2.05) is 91.9 Å². The number of rotatable bonds is 5. The van der Waals surface area contributed by atoms with Crippen LogP contribution < -0.4 is 5.32 Å². The average molecular weight is 523 g/mol. The molecule has 1 N–H and O–H groups in total. The van der Waals surface area contributed by atoms with E-state index in [2.05, 4.69) is 5.32 Å². The third-order valence-electron chi connectivity index (χ3n) is 6.97. The second-order valence-corrected chi connectivity index (χ2v) is 11.8. The van der Waals surface area contributed by atoms with Gasteiger partial charge in [-0.3, -0.25) is 4.79 Å². The number of aromatic nitrogens is 3. The number of anilines is 1. The Bertz CT molecular complexity index is 1760. The van der Waals surface area contributed by atoms with Crippen molar-refractivity contribution in [3.05, 3.63) is 102 Å². The van der Waals surface area contributed by atoms with Crippen molar-refractivity contribution in [2.45, 2.75) is 19.4 Å². The molecule has 1 fully saturated rings. The molecule has 1 unspecified atom stereocenters. The van der Waals surface area contributed by atoms with Crippen molar-refractivity contribution in [1.82, 2.24) is 14.8 Å². The summed E-state index contributed by atoms with van der Waals surface area (Å²) in [7, 11) is -3.13. The monoisotopic (exact) mass is 522 g/mol. The number of nitrogens with one attached hydrogen (secondary N) is 1. The Kier molecular flexibility index (Phi) is 6.04. The number of hydrogen-bond acceptors (Lipinski definition) is 5. The molecule has 0 spiro atoms. The largest absolute Gasteiger partial charge is 0.321 e. The van der Waals surface area contributed by atoms with Crippen LogP contribution in [0.5, 0.6) is 0 Å². The second kappa shape index (κ2) is 9.54. The maximum absolute atomic E-state index is 13.9. The van der Waals surface area contributed by atoms with Gasteiger partial charge < -0.3 is 5.32 Å². The maximum atomic E-state index is 13.9. The standard InChI is InChI=1S/C30H26N4O3S/c1-20-28-25(30(35)32-26-15-9-8-14-24(26)21-10-4-2-5-11-21)18-27(22-12-6-3-7-13-22)31-29(28)34(33-20)23-16-17-38(36,37)19-23/h2-15,18,23H,16-17,19H2,1H3,(H,32,35). The first kappa shape index (κ1) is 24.1. The van der Waals surface area contributed by atoms with Crippen molar-refractivity contribution in [2.75, 3.05) is 16.8 Å². The van der Waals surface area contributed by atoms with Gasteiger partial charge in [0.15, 0.2) is 15.5 Å². The fourth-order valence-corrected chi connectivity index (χ4v) is 6.81. The van der Waals surface area contributed by atoms with E-state index in [1.165, 1.54) is 0 Å². The predicted octanol–water partition coefficient (Wildman–Crippen LogP) is 5.69. The highest BCUT2D eigenvalue weighted by molar-refractivity contribution is 7.91. The summed E-state index contributed by atoms with van der Waals surface area (Å²) in [5, 5.41) is 8.44. The lowest BCUT2D eigenvalue weighted by Gasteiger charge is -2.14. The molecule has 1 aliphatic rings. The summed E-state index contributed by atoms with van der Waals surface area (Å²) < 4.78 is 26.2. The molecule has 3 aromatic carbocycles. The number of fused-ring (bicyclic) bond motifs is 1. The van der Waals surface area contributed by atoms with Gasteiger partial charge in [-0.25, -0.2) is 18.1 Å². The smallest absolute Gasteiger partial charge is 0.256 e. The van der Waals surface area contributed by atoms with Gasteiger partial charge in [0, 0.05) is 16.8 Å². The topological polar surface area (TPSA) is 93.9 Å². The summed E-state index contributed by atoms with van der Waals surface area (Å²) in [6.45, 7) is 1.83. The molecule has 0 bridgehead atoms. The van der Waals surface area contributed by atoms with Crippen LogP contribution >= 0.6 is 0 Å². The molecule has 38 heavy (non-hydrogen) atoms. The molecule has 1 amide bonds. The molecule has 0 saturated carbocycles. The number of nitrogens with zero attached hydrogens (tertiary/aromatic N) is 3. The Morgan fingerprint density at radius 1 is 0.921 bits per heavy atom. The van der Waals surface area contributed by atoms with Crippen LogP contribution in [0.25, 0.3) is 33.4 Å². The molecule has 1 atom stereocenters. The summed E-state index contributed by atoms with van der Waals surface area (Å²) >= 11 is 0. The SMILES string of the molecule is Cc1nn(C2CCS(=O)(=O)C2)c2nc(-c3ccccc3)cc(C(=O)Nc3ccccc3-c3ccccc3)c12. The highest BCUT2D eigenvalue weighted by Gasteiger charge is 2.32. The van der Waals surface area contributed by atoms with Crippen molar-refractivity contribution in [1.29, 1.82) is 0 Å². The summed E-state index contributed by atoms with van der Waals surface area (Å²) in [6, 6.07) is 28.7. The van der Waals surface area contributed by atoms with Crippen LogP contribution in [-0.2, 0) is 9.84 Å². The lowest BCUT2D eigenvalue weighted by atomic mass is 10.0. The number of hydrogen-bond donors (Lipinski definition) is 1. The Labute approximate surface area is 221 Å². The molecule has 190 valence electrons. The summed E-state index contributed by atoms with van der Waals surface area (Å²) in [5.41, 5.74) is 5.70. The summed E-state index contributed by atoms with van der Waals surface area (Å²) in [6.07, 6.45) is 0.474. The normalized spacial score (nSPS) is 16.5. The summed E-state index contributed by atoms with van der Waals surface area (Å²) in [5.74, 6) is -0.133. The van der Waals surface area contributed by atoms with Crippen LogP contribution in [0.15, 0.2) is 91.0 Å². The number of aryl methyl sites for hydroxylation is 1. The average Bonchev–Trinajstić information content (AvgIpc) is 3.47. The number of para-hydroxylation sites is 1. The van der Waals surface area contributed by atoms with Gasteiger partial charge in [-0.05, 0) is 31.0 Å². The number of benzene rings is 3. The molecule has 3 heterocycles. The van der Waals surface area contributed by atoms with E-state index in [4.69, 9.17) is 10.1 Å². The zero-order valence-electron chi connectivity index (χ0n) is 20.8. The van der Waals surface area contributed by atoms with Crippen LogP contribution in [0.4, 0.5) is 5.69 Å². The van der Waals surface area contributed by atoms with Gasteiger partial charge in [0.05, 0.1) is 39.9 Å². The molecule has 6 rings (SSSR count). The van der Waals surface area contributed by atoms with Gasteiger partial charge in [-0.15, -0.1) is 0 Å². The molecular formula is C30H26N4O3S. The molecule has 7 nitrogen and oxygen atoms in total. The number of carbonyl (C=O) groups is 1. The third-order valence-corrected chi connectivity index (χ3v) is 8.72. The predicted molar refractivity (Wildman–Crippen MR) is 150 cm³/mol. The van der Waals surface area contributed by atoms with Gasteiger partial charge in [0.1, 0.15) is 0 Å². The van der Waals surface area contributed by atoms with E-state index in [0.717, 1.165) is 16.7 Å². The van der Waals surface area contributed by atoms with Crippen LogP contribution in [0.1, 0.15) is 28.5 Å². The second-order valence-electron chi connectivity index (χ2n) is 9.57. The van der Waals surface area contributed by atoms with Crippen molar-refractivity contribution < 1.29 is 13.2 Å². The van der Waals surface area contributed by atoms with Gasteiger partial charge in [0.2, 0.25) is 0 Å². The first-order chi connectivity index (χ1) is 18.4. The molecule has 0 aliphatic carbocycles. The van der Waals surface area contributed by atoms with Gasteiger partial charge in [-0.1, -0.05) is 78.9 Å². The molecule has 5 aromatic rings. The van der Waals surface area contributed by atoms with E-state index in [1.54, 1.807) is 10.7 Å². The molecule has 2 aromatic heterocycles. The van der Waals surface area contributed by atoms with E-state index in [-0.39, 0.29) is 23.5 Å². The molecule has 8 heteroatoms. The maximum Gasteiger partial charge on any atom is 0.256 e. The minimum Gasteiger partial charge on any atom is -0.321 e. The number of amides is 1. The van der Waals surface area contributed by atoms with E-state index >= 15 is 0 Å². The Balaban J connectivity index is 1.49. The number of carbonyl (C=O) groups excluding carboxylic acids is 1. The highest BCUT2D eigenvalue weighted by atomic mass is 32.2.